The third-order valence-corrected chi connectivity index (χ3v) is 2.40. The fraction of sp³-hybridized carbons (Fsp3) is 0.182. The standard InChI is InChI=1S/C11H11ClN4O/c1-2-8-5-7(6-9(12)15-8)10(17)16-11-13-3-4-14-11/h3-6H,2H2,1H3,(H2,13,14,16,17). The van der Waals surface area contributed by atoms with E-state index in [1.165, 1.54) is 6.07 Å². The zero-order valence-corrected chi connectivity index (χ0v) is 9.95. The first-order chi connectivity index (χ1) is 8.19. The molecule has 0 unspecified atom stereocenters. The van der Waals surface area contributed by atoms with Crippen LogP contribution in [-0.2, 0) is 6.42 Å². The molecule has 5 nitrogen and oxygen atoms in total. The van der Waals surface area contributed by atoms with Gasteiger partial charge in [0.05, 0.1) is 0 Å². The highest BCUT2D eigenvalue weighted by atomic mass is 35.5. The molecular formula is C11H11ClN4O. The number of aromatic amines is 1. The predicted molar refractivity (Wildman–Crippen MR) is 65.2 cm³/mol. The monoisotopic (exact) mass is 250 g/mol. The zero-order valence-electron chi connectivity index (χ0n) is 9.20. The Hall–Kier alpha value is -1.88. The normalized spacial score (nSPS) is 10.2. The van der Waals surface area contributed by atoms with Crippen molar-refractivity contribution in [1.29, 1.82) is 0 Å². The summed E-state index contributed by atoms with van der Waals surface area (Å²) in [5.74, 6) is 0.139. The number of aromatic nitrogens is 3. The molecule has 2 heterocycles. The summed E-state index contributed by atoms with van der Waals surface area (Å²) in [7, 11) is 0. The fourth-order valence-corrected chi connectivity index (χ4v) is 1.60. The summed E-state index contributed by atoms with van der Waals surface area (Å²) in [6, 6.07) is 3.24. The summed E-state index contributed by atoms with van der Waals surface area (Å²) < 4.78 is 0. The number of hydrogen-bond donors (Lipinski definition) is 2. The average molecular weight is 251 g/mol. The highest BCUT2D eigenvalue weighted by molar-refractivity contribution is 6.29. The van der Waals surface area contributed by atoms with Gasteiger partial charge in [-0.2, -0.15) is 0 Å². The largest absolute Gasteiger partial charge is 0.331 e. The molecule has 0 spiro atoms. The Morgan fingerprint density at radius 1 is 1.53 bits per heavy atom. The van der Waals surface area contributed by atoms with Crippen molar-refractivity contribution in [2.24, 2.45) is 0 Å². The Labute approximate surface area is 103 Å². The molecule has 0 aliphatic heterocycles. The summed E-state index contributed by atoms with van der Waals surface area (Å²) in [5, 5.41) is 2.94. The number of imidazole rings is 1. The van der Waals surface area contributed by atoms with Gasteiger partial charge < -0.3 is 4.98 Å². The number of hydrogen-bond acceptors (Lipinski definition) is 3. The second-order valence-electron chi connectivity index (χ2n) is 3.42. The summed E-state index contributed by atoms with van der Waals surface area (Å²) in [6.07, 6.45) is 3.92. The third kappa shape index (κ3) is 2.82. The molecule has 17 heavy (non-hydrogen) atoms. The van der Waals surface area contributed by atoms with Crippen molar-refractivity contribution in [3.63, 3.8) is 0 Å². The van der Waals surface area contributed by atoms with Crippen LogP contribution >= 0.6 is 11.6 Å². The topological polar surface area (TPSA) is 70.7 Å². The molecule has 2 rings (SSSR count). The van der Waals surface area contributed by atoms with Crippen molar-refractivity contribution < 1.29 is 4.79 Å². The van der Waals surface area contributed by atoms with E-state index >= 15 is 0 Å². The molecule has 1 amide bonds. The van der Waals surface area contributed by atoms with Gasteiger partial charge in [0.15, 0.2) is 0 Å². The van der Waals surface area contributed by atoms with E-state index in [0.29, 0.717) is 16.7 Å². The van der Waals surface area contributed by atoms with E-state index in [-0.39, 0.29) is 5.91 Å². The van der Waals surface area contributed by atoms with E-state index in [0.717, 1.165) is 12.1 Å². The first-order valence-corrected chi connectivity index (χ1v) is 5.54. The molecule has 88 valence electrons. The quantitative estimate of drug-likeness (QED) is 0.821. The van der Waals surface area contributed by atoms with Gasteiger partial charge in [-0.15, -0.1) is 0 Å². The molecule has 0 fully saturated rings. The Bertz CT molecular complexity index is 524. The number of amides is 1. The molecule has 0 saturated heterocycles. The first-order valence-electron chi connectivity index (χ1n) is 5.16. The van der Waals surface area contributed by atoms with Crippen LogP contribution in [-0.4, -0.2) is 20.9 Å². The highest BCUT2D eigenvalue weighted by Gasteiger charge is 2.09. The van der Waals surface area contributed by atoms with Gasteiger partial charge in [-0.3, -0.25) is 10.1 Å². The average Bonchev–Trinajstić information content (AvgIpc) is 2.81. The molecular weight excluding hydrogens is 240 g/mol. The number of nitrogens with zero attached hydrogens (tertiary/aromatic N) is 2. The minimum absolute atomic E-state index is 0.265. The Morgan fingerprint density at radius 3 is 3.00 bits per heavy atom. The van der Waals surface area contributed by atoms with Gasteiger partial charge in [-0.25, -0.2) is 9.97 Å². The van der Waals surface area contributed by atoms with Crippen molar-refractivity contribution in [1.82, 2.24) is 15.0 Å². The van der Waals surface area contributed by atoms with Gasteiger partial charge >= 0.3 is 0 Å². The van der Waals surface area contributed by atoms with Crippen LogP contribution in [0.15, 0.2) is 24.5 Å². The van der Waals surface area contributed by atoms with Crippen molar-refractivity contribution in [3.8, 4) is 0 Å². The fourth-order valence-electron chi connectivity index (χ4n) is 1.38. The lowest BCUT2D eigenvalue weighted by Crippen LogP contribution is -2.13. The molecule has 0 atom stereocenters. The molecule has 2 N–H and O–H groups in total. The lowest BCUT2D eigenvalue weighted by Gasteiger charge is -2.04. The van der Waals surface area contributed by atoms with Crippen LogP contribution in [0.2, 0.25) is 5.15 Å². The van der Waals surface area contributed by atoms with Crippen molar-refractivity contribution >= 4 is 23.5 Å². The Kier molecular flexibility index (Phi) is 3.39. The lowest BCUT2D eigenvalue weighted by atomic mass is 10.2. The van der Waals surface area contributed by atoms with E-state index < -0.39 is 0 Å². The summed E-state index contributed by atoms with van der Waals surface area (Å²) >= 11 is 5.84. The van der Waals surface area contributed by atoms with Gasteiger partial charge in [0.2, 0.25) is 5.95 Å². The van der Waals surface area contributed by atoms with Crippen LogP contribution in [0, 0.1) is 0 Å². The summed E-state index contributed by atoms with van der Waals surface area (Å²) in [5.41, 5.74) is 1.25. The third-order valence-electron chi connectivity index (χ3n) is 2.20. The van der Waals surface area contributed by atoms with E-state index in [2.05, 4.69) is 20.3 Å². The van der Waals surface area contributed by atoms with E-state index in [4.69, 9.17) is 11.6 Å². The molecule has 0 aliphatic carbocycles. The molecule has 2 aromatic rings. The smallest absolute Gasteiger partial charge is 0.258 e. The number of carbonyl (C=O) groups is 1. The maximum atomic E-state index is 11.9. The number of H-pyrrole nitrogens is 1. The highest BCUT2D eigenvalue weighted by Crippen LogP contribution is 2.12. The van der Waals surface area contributed by atoms with Crippen molar-refractivity contribution in [2.75, 3.05) is 5.32 Å². The van der Waals surface area contributed by atoms with Gasteiger partial charge in [-0.05, 0) is 18.6 Å². The minimum atomic E-state index is -0.265. The second-order valence-corrected chi connectivity index (χ2v) is 3.80. The molecule has 0 bridgehead atoms. The van der Waals surface area contributed by atoms with Crippen LogP contribution in [0.4, 0.5) is 5.95 Å². The van der Waals surface area contributed by atoms with Gasteiger partial charge in [0.25, 0.3) is 5.91 Å². The Balaban J connectivity index is 2.21. The Morgan fingerprint density at radius 2 is 2.35 bits per heavy atom. The van der Waals surface area contributed by atoms with E-state index in [1.54, 1.807) is 18.5 Å². The minimum Gasteiger partial charge on any atom is -0.331 e. The number of pyridine rings is 1. The van der Waals surface area contributed by atoms with Crippen molar-refractivity contribution in [2.45, 2.75) is 13.3 Å². The van der Waals surface area contributed by atoms with Crippen LogP contribution in [0.1, 0.15) is 23.0 Å². The first kappa shape index (κ1) is 11.6. The second kappa shape index (κ2) is 4.97. The van der Waals surface area contributed by atoms with Gasteiger partial charge in [0.1, 0.15) is 5.15 Å². The molecule has 0 aromatic carbocycles. The van der Waals surface area contributed by atoms with Crippen LogP contribution in [0.3, 0.4) is 0 Å². The summed E-state index contributed by atoms with van der Waals surface area (Å²) in [6.45, 7) is 1.95. The van der Waals surface area contributed by atoms with E-state index in [1.807, 2.05) is 6.92 Å². The van der Waals surface area contributed by atoms with Crippen LogP contribution in [0.5, 0.6) is 0 Å². The number of nitrogens with one attached hydrogen (secondary N) is 2. The number of aryl methyl sites for hydroxylation is 1. The maximum Gasteiger partial charge on any atom is 0.258 e. The summed E-state index contributed by atoms with van der Waals surface area (Å²) in [4.78, 5) is 22.7. The van der Waals surface area contributed by atoms with Gasteiger partial charge in [0, 0.05) is 23.7 Å². The lowest BCUT2D eigenvalue weighted by molar-refractivity contribution is 0.102. The zero-order chi connectivity index (χ0) is 12.3. The van der Waals surface area contributed by atoms with E-state index in [9.17, 15) is 4.79 Å². The molecule has 6 heteroatoms. The molecule has 0 radical (unpaired) electrons. The van der Waals surface area contributed by atoms with Crippen molar-refractivity contribution in [3.05, 3.63) is 40.9 Å². The SMILES string of the molecule is CCc1cc(C(=O)Nc2ncc[nH]2)cc(Cl)n1. The number of anilines is 1. The number of carbonyl (C=O) groups excluding carboxylic acids is 1. The predicted octanol–water partition coefficient (Wildman–Crippen LogP) is 2.27. The molecule has 2 aromatic heterocycles. The molecule has 0 saturated carbocycles. The van der Waals surface area contributed by atoms with Crippen LogP contribution < -0.4 is 5.32 Å². The van der Waals surface area contributed by atoms with Crippen LogP contribution in [0.25, 0.3) is 0 Å². The number of halogens is 1. The maximum absolute atomic E-state index is 11.9. The van der Waals surface area contributed by atoms with Gasteiger partial charge in [-0.1, -0.05) is 18.5 Å². The molecule has 0 aliphatic rings. The number of rotatable bonds is 3.